The first kappa shape index (κ1) is 13.0. The molecule has 0 aliphatic rings. The van der Waals surface area contributed by atoms with E-state index < -0.39 is 0 Å². The van der Waals surface area contributed by atoms with Gasteiger partial charge in [-0.1, -0.05) is 48.5 Å². The van der Waals surface area contributed by atoms with E-state index in [4.69, 9.17) is 4.42 Å². The minimum atomic E-state index is 0.748. The Morgan fingerprint density at radius 2 is 1.75 bits per heavy atom. The Balaban J connectivity index is 1.71. The third-order valence-corrected chi connectivity index (χ3v) is 4.22. The molecule has 0 saturated heterocycles. The number of rotatable bonds is 4. The Labute approximate surface area is 122 Å². The zero-order valence-corrected chi connectivity index (χ0v) is 12.1. The summed E-state index contributed by atoms with van der Waals surface area (Å²) in [5, 5.41) is 0. The van der Waals surface area contributed by atoms with Crippen molar-refractivity contribution in [1.82, 2.24) is 4.98 Å². The minimum absolute atomic E-state index is 0.748. The van der Waals surface area contributed by atoms with Crippen LogP contribution in [0.1, 0.15) is 11.5 Å². The summed E-state index contributed by atoms with van der Waals surface area (Å²) < 4.78 is 5.80. The highest BCUT2D eigenvalue weighted by Crippen LogP contribution is 2.27. The molecule has 1 aromatic heterocycles. The number of oxazole rings is 1. The lowest BCUT2D eigenvalue weighted by atomic mass is 10.2. The van der Waals surface area contributed by atoms with Gasteiger partial charge in [-0.15, -0.1) is 11.8 Å². The summed E-state index contributed by atoms with van der Waals surface area (Å²) in [6.45, 7) is 2.12. The fourth-order valence-electron chi connectivity index (χ4n) is 1.97. The summed E-state index contributed by atoms with van der Waals surface area (Å²) in [6.07, 6.45) is 1.79. The summed E-state index contributed by atoms with van der Waals surface area (Å²) in [7, 11) is 0. The van der Waals surface area contributed by atoms with Gasteiger partial charge in [0, 0.05) is 10.5 Å². The quantitative estimate of drug-likeness (QED) is 0.633. The average molecular weight is 281 g/mol. The van der Waals surface area contributed by atoms with Crippen LogP contribution in [0.25, 0.3) is 11.3 Å². The maximum Gasteiger partial charge on any atom is 0.205 e. The number of benzene rings is 2. The van der Waals surface area contributed by atoms with Crippen molar-refractivity contribution in [3.63, 3.8) is 0 Å². The SMILES string of the molecule is Cc1ccccc1SCc1ncc(-c2ccccc2)o1. The van der Waals surface area contributed by atoms with Crippen molar-refractivity contribution < 1.29 is 4.42 Å². The Kier molecular flexibility index (Phi) is 3.88. The van der Waals surface area contributed by atoms with Gasteiger partial charge >= 0.3 is 0 Å². The second-order valence-corrected chi connectivity index (χ2v) is 5.56. The molecule has 0 fully saturated rings. The molecule has 0 saturated carbocycles. The molecule has 3 heteroatoms. The van der Waals surface area contributed by atoms with Gasteiger partial charge < -0.3 is 4.42 Å². The van der Waals surface area contributed by atoms with Gasteiger partial charge in [0.1, 0.15) is 0 Å². The van der Waals surface area contributed by atoms with Gasteiger partial charge in [0.25, 0.3) is 0 Å². The van der Waals surface area contributed by atoms with Crippen molar-refractivity contribution >= 4 is 11.8 Å². The van der Waals surface area contributed by atoms with Gasteiger partial charge in [-0.05, 0) is 18.6 Å². The minimum Gasteiger partial charge on any atom is -0.440 e. The Hall–Kier alpha value is -2.00. The van der Waals surface area contributed by atoms with E-state index in [2.05, 4.69) is 36.2 Å². The summed E-state index contributed by atoms with van der Waals surface area (Å²) in [6, 6.07) is 18.4. The van der Waals surface area contributed by atoms with Gasteiger partial charge in [-0.3, -0.25) is 0 Å². The molecule has 100 valence electrons. The summed E-state index contributed by atoms with van der Waals surface area (Å²) in [5.41, 5.74) is 2.35. The molecule has 2 aromatic carbocycles. The Morgan fingerprint density at radius 1 is 1.00 bits per heavy atom. The summed E-state index contributed by atoms with van der Waals surface area (Å²) in [5.74, 6) is 2.33. The summed E-state index contributed by atoms with van der Waals surface area (Å²) >= 11 is 1.75. The van der Waals surface area contributed by atoms with Crippen LogP contribution < -0.4 is 0 Å². The van der Waals surface area contributed by atoms with Crippen molar-refractivity contribution in [2.45, 2.75) is 17.6 Å². The van der Waals surface area contributed by atoms with Crippen LogP contribution in [0.5, 0.6) is 0 Å². The highest BCUT2D eigenvalue weighted by Gasteiger charge is 2.07. The van der Waals surface area contributed by atoms with Crippen LogP contribution in [0.15, 0.2) is 70.1 Å². The van der Waals surface area contributed by atoms with Crippen LogP contribution in [0.4, 0.5) is 0 Å². The van der Waals surface area contributed by atoms with Gasteiger partial charge in [-0.25, -0.2) is 4.98 Å². The zero-order chi connectivity index (χ0) is 13.8. The first-order chi connectivity index (χ1) is 9.83. The average Bonchev–Trinajstić information content (AvgIpc) is 2.96. The molecule has 20 heavy (non-hydrogen) atoms. The van der Waals surface area contributed by atoms with Gasteiger partial charge in [0.05, 0.1) is 11.9 Å². The Morgan fingerprint density at radius 3 is 2.55 bits per heavy atom. The molecule has 1 heterocycles. The number of aromatic nitrogens is 1. The molecule has 0 aliphatic carbocycles. The van der Waals surface area contributed by atoms with E-state index >= 15 is 0 Å². The van der Waals surface area contributed by atoms with E-state index in [1.807, 2.05) is 30.3 Å². The molecule has 0 aliphatic heterocycles. The highest BCUT2D eigenvalue weighted by molar-refractivity contribution is 7.98. The molecule has 0 amide bonds. The smallest absolute Gasteiger partial charge is 0.205 e. The van der Waals surface area contributed by atoms with Crippen LogP contribution >= 0.6 is 11.8 Å². The third kappa shape index (κ3) is 2.94. The molecular formula is C17H15NOS. The number of nitrogens with zero attached hydrogens (tertiary/aromatic N) is 1. The molecule has 0 spiro atoms. The van der Waals surface area contributed by atoms with Crippen LogP contribution in [-0.4, -0.2) is 4.98 Å². The molecular weight excluding hydrogens is 266 g/mol. The largest absolute Gasteiger partial charge is 0.440 e. The monoisotopic (exact) mass is 281 g/mol. The Bertz CT molecular complexity index is 691. The first-order valence-electron chi connectivity index (χ1n) is 6.51. The lowest BCUT2D eigenvalue weighted by Crippen LogP contribution is -1.82. The van der Waals surface area contributed by atoms with Crippen molar-refractivity contribution in [2.24, 2.45) is 0 Å². The number of hydrogen-bond acceptors (Lipinski definition) is 3. The van der Waals surface area contributed by atoms with E-state index in [1.54, 1.807) is 18.0 Å². The molecule has 0 bridgehead atoms. The van der Waals surface area contributed by atoms with Crippen LogP contribution in [-0.2, 0) is 5.75 Å². The third-order valence-electron chi connectivity index (χ3n) is 3.06. The maximum atomic E-state index is 5.80. The van der Waals surface area contributed by atoms with Crippen molar-refractivity contribution in [1.29, 1.82) is 0 Å². The summed E-state index contributed by atoms with van der Waals surface area (Å²) in [4.78, 5) is 5.62. The van der Waals surface area contributed by atoms with E-state index in [1.165, 1.54) is 10.5 Å². The van der Waals surface area contributed by atoms with Crippen molar-refractivity contribution in [3.05, 3.63) is 72.2 Å². The zero-order valence-electron chi connectivity index (χ0n) is 11.2. The number of aryl methyl sites for hydroxylation is 1. The standard InChI is InChI=1S/C17H15NOS/c1-13-7-5-6-10-16(13)20-12-17-18-11-15(19-17)14-8-3-2-4-9-14/h2-11H,12H2,1H3. The first-order valence-corrected chi connectivity index (χ1v) is 7.50. The number of thioether (sulfide) groups is 1. The molecule has 0 atom stereocenters. The molecule has 3 rings (SSSR count). The van der Waals surface area contributed by atoms with E-state index in [0.717, 1.165) is 23.0 Å². The van der Waals surface area contributed by atoms with Crippen LogP contribution in [0.3, 0.4) is 0 Å². The predicted octanol–water partition coefficient (Wildman–Crippen LogP) is 4.94. The van der Waals surface area contributed by atoms with E-state index in [0.29, 0.717) is 0 Å². The molecule has 0 radical (unpaired) electrons. The lowest BCUT2D eigenvalue weighted by molar-refractivity contribution is 0.530. The van der Waals surface area contributed by atoms with Gasteiger partial charge in [-0.2, -0.15) is 0 Å². The van der Waals surface area contributed by atoms with Crippen LogP contribution in [0.2, 0.25) is 0 Å². The topological polar surface area (TPSA) is 26.0 Å². The molecule has 0 N–H and O–H groups in total. The molecule has 2 nitrogen and oxygen atoms in total. The normalized spacial score (nSPS) is 10.7. The van der Waals surface area contributed by atoms with Gasteiger partial charge in [0.2, 0.25) is 5.89 Å². The van der Waals surface area contributed by atoms with Gasteiger partial charge in [0.15, 0.2) is 5.76 Å². The van der Waals surface area contributed by atoms with E-state index in [-0.39, 0.29) is 0 Å². The highest BCUT2D eigenvalue weighted by atomic mass is 32.2. The fourth-order valence-corrected chi connectivity index (χ4v) is 2.85. The van der Waals surface area contributed by atoms with Crippen LogP contribution in [0, 0.1) is 6.92 Å². The predicted molar refractivity (Wildman–Crippen MR) is 82.7 cm³/mol. The second-order valence-electron chi connectivity index (χ2n) is 4.54. The van der Waals surface area contributed by atoms with Crippen molar-refractivity contribution in [2.75, 3.05) is 0 Å². The maximum absolute atomic E-state index is 5.80. The molecule has 0 unspecified atom stereocenters. The number of hydrogen-bond donors (Lipinski definition) is 0. The second kappa shape index (κ2) is 5.97. The van der Waals surface area contributed by atoms with E-state index in [9.17, 15) is 0 Å². The fraction of sp³-hybridized carbons (Fsp3) is 0.118. The van der Waals surface area contributed by atoms with Crippen molar-refractivity contribution in [3.8, 4) is 11.3 Å². The molecule has 3 aromatic rings. The lowest BCUT2D eigenvalue weighted by Gasteiger charge is -2.02.